The van der Waals surface area contributed by atoms with E-state index in [-0.39, 0.29) is 5.91 Å². The van der Waals surface area contributed by atoms with Crippen molar-refractivity contribution in [1.29, 1.82) is 0 Å². The number of hydrogen-bond donors (Lipinski definition) is 2. The summed E-state index contributed by atoms with van der Waals surface area (Å²) in [7, 11) is 0. The van der Waals surface area contributed by atoms with Gasteiger partial charge in [0, 0.05) is 32.1 Å². The molecule has 1 amide bonds. The number of nitrogens with one attached hydrogen (secondary N) is 2. The second-order valence-electron chi connectivity index (χ2n) is 3.49. The molecular weight excluding hydrogens is 154 g/mol. The first-order valence-electron chi connectivity index (χ1n) is 4.62. The Hall–Kier alpha value is -0.610. The van der Waals surface area contributed by atoms with Gasteiger partial charge in [0.25, 0.3) is 0 Å². The minimum Gasteiger partial charge on any atom is -0.314 e. The van der Waals surface area contributed by atoms with Crippen LogP contribution in [0.3, 0.4) is 0 Å². The molecule has 0 unspecified atom stereocenters. The summed E-state index contributed by atoms with van der Waals surface area (Å²) < 4.78 is 0. The van der Waals surface area contributed by atoms with Gasteiger partial charge in [0.05, 0.1) is 0 Å². The summed E-state index contributed by atoms with van der Waals surface area (Å²) in [6, 6.07) is 0. The van der Waals surface area contributed by atoms with Crippen LogP contribution in [0.5, 0.6) is 0 Å². The molecule has 1 aliphatic carbocycles. The maximum Gasteiger partial charge on any atom is 0.237 e. The van der Waals surface area contributed by atoms with Crippen LogP contribution in [-0.4, -0.2) is 37.1 Å². The zero-order chi connectivity index (χ0) is 8.39. The van der Waals surface area contributed by atoms with Crippen LogP contribution in [0.15, 0.2) is 0 Å². The first-order chi connectivity index (χ1) is 5.86. The number of hydrogen-bond acceptors (Lipinski definition) is 3. The monoisotopic (exact) mass is 169 g/mol. The van der Waals surface area contributed by atoms with Gasteiger partial charge in [0.1, 0.15) is 0 Å². The van der Waals surface area contributed by atoms with E-state index in [0.717, 1.165) is 39.0 Å². The molecule has 4 heteroatoms. The summed E-state index contributed by atoms with van der Waals surface area (Å²) in [5, 5.41) is 5.25. The van der Waals surface area contributed by atoms with Crippen molar-refractivity contribution in [2.45, 2.75) is 12.8 Å². The third kappa shape index (κ3) is 1.95. The number of rotatable bonds is 2. The molecule has 2 N–H and O–H groups in total. The van der Waals surface area contributed by atoms with Crippen LogP contribution in [0.1, 0.15) is 12.8 Å². The highest BCUT2D eigenvalue weighted by atomic mass is 16.2. The molecule has 0 aromatic rings. The molecule has 0 spiro atoms. The van der Waals surface area contributed by atoms with Crippen LogP contribution < -0.4 is 10.7 Å². The molecule has 1 aliphatic heterocycles. The molecule has 0 aromatic carbocycles. The van der Waals surface area contributed by atoms with Crippen molar-refractivity contribution >= 4 is 5.91 Å². The van der Waals surface area contributed by atoms with Gasteiger partial charge in [-0.15, -0.1) is 0 Å². The second-order valence-corrected chi connectivity index (χ2v) is 3.49. The summed E-state index contributed by atoms with van der Waals surface area (Å²) in [5.74, 6) is 0.539. The first kappa shape index (κ1) is 8.01. The number of amides is 1. The number of hydrazine groups is 1. The maximum absolute atomic E-state index is 11.3. The van der Waals surface area contributed by atoms with Crippen molar-refractivity contribution < 1.29 is 4.79 Å². The highest BCUT2D eigenvalue weighted by molar-refractivity contribution is 5.80. The number of piperazine rings is 1. The van der Waals surface area contributed by atoms with Crippen LogP contribution in [0.2, 0.25) is 0 Å². The molecule has 2 rings (SSSR count). The fourth-order valence-electron chi connectivity index (χ4n) is 1.37. The Morgan fingerprint density at radius 3 is 2.58 bits per heavy atom. The molecule has 0 bridgehead atoms. The summed E-state index contributed by atoms with van der Waals surface area (Å²) in [6.45, 7) is 3.81. The second kappa shape index (κ2) is 3.41. The Morgan fingerprint density at radius 2 is 2.00 bits per heavy atom. The fraction of sp³-hybridized carbons (Fsp3) is 0.875. The average molecular weight is 169 g/mol. The predicted molar refractivity (Wildman–Crippen MR) is 45.3 cm³/mol. The Labute approximate surface area is 72.3 Å². The SMILES string of the molecule is O=C(NN1CCNCC1)C1CC1. The topological polar surface area (TPSA) is 44.4 Å². The van der Waals surface area contributed by atoms with Gasteiger partial charge < -0.3 is 5.32 Å². The third-order valence-electron chi connectivity index (χ3n) is 2.33. The van der Waals surface area contributed by atoms with Crippen molar-refractivity contribution in [2.24, 2.45) is 5.92 Å². The van der Waals surface area contributed by atoms with Gasteiger partial charge in [-0.25, -0.2) is 5.01 Å². The normalized spacial score (nSPS) is 25.3. The molecule has 1 saturated heterocycles. The lowest BCUT2D eigenvalue weighted by Crippen LogP contribution is -2.52. The smallest absolute Gasteiger partial charge is 0.237 e. The lowest BCUT2D eigenvalue weighted by atomic mass is 10.4. The zero-order valence-electron chi connectivity index (χ0n) is 7.18. The molecule has 1 heterocycles. The summed E-state index contributed by atoms with van der Waals surface area (Å²) in [6.07, 6.45) is 2.16. The third-order valence-corrected chi connectivity index (χ3v) is 2.33. The number of carbonyl (C=O) groups is 1. The van der Waals surface area contributed by atoms with E-state index in [1.807, 2.05) is 5.01 Å². The van der Waals surface area contributed by atoms with Gasteiger partial charge >= 0.3 is 0 Å². The van der Waals surface area contributed by atoms with Crippen molar-refractivity contribution in [1.82, 2.24) is 15.8 Å². The average Bonchev–Trinajstić information content (AvgIpc) is 2.88. The largest absolute Gasteiger partial charge is 0.314 e. The van der Waals surface area contributed by atoms with E-state index < -0.39 is 0 Å². The zero-order valence-corrected chi connectivity index (χ0v) is 7.18. The number of nitrogens with zero attached hydrogens (tertiary/aromatic N) is 1. The summed E-state index contributed by atoms with van der Waals surface area (Å²) >= 11 is 0. The predicted octanol–water partition coefficient (Wildman–Crippen LogP) is -0.667. The van der Waals surface area contributed by atoms with Crippen LogP contribution in [-0.2, 0) is 4.79 Å². The van der Waals surface area contributed by atoms with Crippen molar-refractivity contribution in [3.05, 3.63) is 0 Å². The molecular formula is C8H15N3O. The molecule has 0 aromatic heterocycles. The maximum atomic E-state index is 11.3. The molecule has 2 aliphatic rings. The minimum absolute atomic E-state index is 0.219. The Kier molecular flexibility index (Phi) is 2.28. The van der Waals surface area contributed by atoms with E-state index in [1.54, 1.807) is 0 Å². The van der Waals surface area contributed by atoms with Gasteiger partial charge in [-0.05, 0) is 12.8 Å². The Morgan fingerprint density at radius 1 is 1.33 bits per heavy atom. The standard InChI is InChI=1S/C8H15N3O/c12-8(7-1-2-7)10-11-5-3-9-4-6-11/h7,9H,1-6H2,(H,10,12). The molecule has 2 fully saturated rings. The lowest BCUT2D eigenvalue weighted by Gasteiger charge is -2.27. The van der Waals surface area contributed by atoms with Crippen LogP contribution in [0, 0.1) is 5.92 Å². The summed E-state index contributed by atoms with van der Waals surface area (Å²) in [4.78, 5) is 11.3. The molecule has 1 saturated carbocycles. The van der Waals surface area contributed by atoms with Gasteiger partial charge in [-0.1, -0.05) is 0 Å². The van der Waals surface area contributed by atoms with Crippen LogP contribution >= 0.6 is 0 Å². The van der Waals surface area contributed by atoms with Crippen molar-refractivity contribution in [3.8, 4) is 0 Å². The van der Waals surface area contributed by atoms with Gasteiger partial charge in [-0.2, -0.15) is 0 Å². The van der Waals surface area contributed by atoms with E-state index in [2.05, 4.69) is 10.7 Å². The van der Waals surface area contributed by atoms with Gasteiger partial charge in [-0.3, -0.25) is 10.2 Å². The molecule has 12 heavy (non-hydrogen) atoms. The minimum atomic E-state index is 0.219. The van der Waals surface area contributed by atoms with Gasteiger partial charge in [0.2, 0.25) is 5.91 Å². The molecule has 0 radical (unpaired) electrons. The van der Waals surface area contributed by atoms with E-state index >= 15 is 0 Å². The molecule has 0 atom stereocenters. The van der Waals surface area contributed by atoms with E-state index in [0.29, 0.717) is 5.92 Å². The summed E-state index contributed by atoms with van der Waals surface area (Å²) in [5.41, 5.74) is 2.94. The van der Waals surface area contributed by atoms with Crippen LogP contribution in [0.4, 0.5) is 0 Å². The van der Waals surface area contributed by atoms with E-state index in [4.69, 9.17) is 0 Å². The lowest BCUT2D eigenvalue weighted by molar-refractivity contribution is -0.127. The van der Waals surface area contributed by atoms with Crippen molar-refractivity contribution in [3.63, 3.8) is 0 Å². The van der Waals surface area contributed by atoms with E-state index in [9.17, 15) is 4.79 Å². The highest BCUT2D eigenvalue weighted by Gasteiger charge is 2.30. The Balaban J connectivity index is 1.73. The molecule has 68 valence electrons. The Bertz CT molecular complexity index is 173. The highest BCUT2D eigenvalue weighted by Crippen LogP contribution is 2.28. The van der Waals surface area contributed by atoms with Crippen molar-refractivity contribution in [2.75, 3.05) is 26.2 Å². The fourth-order valence-corrected chi connectivity index (χ4v) is 1.37. The first-order valence-corrected chi connectivity index (χ1v) is 4.62. The van der Waals surface area contributed by atoms with Crippen LogP contribution in [0.25, 0.3) is 0 Å². The quantitative estimate of drug-likeness (QED) is 0.576. The van der Waals surface area contributed by atoms with Gasteiger partial charge in [0.15, 0.2) is 0 Å². The molecule has 4 nitrogen and oxygen atoms in total. The number of carbonyl (C=O) groups excluding carboxylic acids is 1. The van der Waals surface area contributed by atoms with E-state index in [1.165, 1.54) is 0 Å².